The van der Waals surface area contributed by atoms with Crippen molar-refractivity contribution in [1.82, 2.24) is 14.9 Å². The molecule has 1 heterocycles. The Morgan fingerprint density at radius 1 is 1.31 bits per heavy atom. The van der Waals surface area contributed by atoms with E-state index >= 15 is 0 Å². The highest BCUT2D eigenvalue weighted by Gasteiger charge is 2.15. The first-order valence-electron chi connectivity index (χ1n) is 8.85. The fourth-order valence-corrected chi connectivity index (χ4v) is 4.02. The van der Waals surface area contributed by atoms with Crippen LogP contribution < -0.4 is 10.9 Å². The zero-order valence-electron chi connectivity index (χ0n) is 15.6. The molecule has 2 N–H and O–H groups in total. The van der Waals surface area contributed by atoms with Gasteiger partial charge in [-0.2, -0.15) is 0 Å². The van der Waals surface area contributed by atoms with Gasteiger partial charge < -0.3 is 10.4 Å². The zero-order valence-corrected chi connectivity index (χ0v) is 18.7. The molecule has 0 aliphatic heterocycles. The zero-order chi connectivity index (χ0) is 21.0. The quantitative estimate of drug-likeness (QED) is 0.386. The third-order valence-corrected chi connectivity index (χ3v) is 5.78. The summed E-state index contributed by atoms with van der Waals surface area (Å²) in [5.41, 5.74) is 1.23. The summed E-state index contributed by atoms with van der Waals surface area (Å²) in [6.07, 6.45) is -0.725. The van der Waals surface area contributed by atoms with E-state index in [1.54, 1.807) is 37.3 Å². The maximum atomic E-state index is 12.9. The number of aromatic nitrogens is 2. The molecule has 6 nitrogen and oxygen atoms in total. The van der Waals surface area contributed by atoms with Gasteiger partial charge in [0.1, 0.15) is 0 Å². The molecule has 0 radical (unpaired) electrons. The minimum Gasteiger partial charge on any atom is -0.392 e. The summed E-state index contributed by atoms with van der Waals surface area (Å²) < 4.78 is 2.19. The number of aliphatic hydroxyl groups excluding tert-OH is 1. The molecule has 29 heavy (non-hydrogen) atoms. The van der Waals surface area contributed by atoms with Gasteiger partial charge in [-0.1, -0.05) is 51.4 Å². The molecule has 1 atom stereocenters. The van der Waals surface area contributed by atoms with Crippen LogP contribution in [0.15, 0.2) is 56.9 Å². The van der Waals surface area contributed by atoms with Crippen molar-refractivity contribution in [3.63, 3.8) is 0 Å². The molecule has 0 saturated carbocycles. The number of amides is 1. The summed E-state index contributed by atoms with van der Waals surface area (Å²) in [6, 6.07) is 12.5. The molecule has 3 rings (SSSR count). The Bertz CT molecular complexity index is 1090. The fourth-order valence-electron chi connectivity index (χ4n) is 2.69. The molecule has 3 aromatic rings. The lowest BCUT2D eigenvalue weighted by atomic mass is 10.2. The van der Waals surface area contributed by atoms with Crippen LogP contribution in [0, 0.1) is 0 Å². The largest absolute Gasteiger partial charge is 0.392 e. The van der Waals surface area contributed by atoms with Crippen molar-refractivity contribution in [2.75, 3.05) is 5.75 Å². The molecule has 9 heteroatoms. The van der Waals surface area contributed by atoms with Gasteiger partial charge in [-0.05, 0) is 42.8 Å². The second kappa shape index (κ2) is 9.75. The molecule has 0 saturated heterocycles. The Kier molecular flexibility index (Phi) is 7.34. The minimum absolute atomic E-state index is 0.0991. The van der Waals surface area contributed by atoms with Gasteiger partial charge in [0.2, 0.25) is 5.91 Å². The lowest BCUT2D eigenvalue weighted by Crippen LogP contribution is -2.29. The average molecular weight is 497 g/mol. The number of carbonyl (C=O) groups is 1. The third kappa shape index (κ3) is 5.82. The number of aliphatic hydroxyl groups is 1. The Morgan fingerprint density at radius 3 is 2.72 bits per heavy atom. The fraction of sp³-hybridized carbons (Fsp3) is 0.250. The Labute approximate surface area is 185 Å². The van der Waals surface area contributed by atoms with Crippen LogP contribution in [0.25, 0.3) is 10.9 Å². The average Bonchev–Trinajstić information content (AvgIpc) is 2.68. The van der Waals surface area contributed by atoms with Gasteiger partial charge in [-0.3, -0.25) is 14.2 Å². The molecular weight excluding hydrogens is 478 g/mol. The van der Waals surface area contributed by atoms with Crippen molar-refractivity contribution in [1.29, 1.82) is 0 Å². The van der Waals surface area contributed by atoms with E-state index in [2.05, 4.69) is 26.2 Å². The van der Waals surface area contributed by atoms with Gasteiger partial charge in [-0.15, -0.1) is 0 Å². The summed E-state index contributed by atoms with van der Waals surface area (Å²) in [5.74, 6) is -0.0827. The second-order valence-corrected chi connectivity index (χ2v) is 8.81. The van der Waals surface area contributed by atoms with Gasteiger partial charge in [0.15, 0.2) is 5.16 Å². The van der Waals surface area contributed by atoms with E-state index in [1.807, 2.05) is 12.1 Å². The van der Waals surface area contributed by atoms with Crippen LogP contribution in [0.5, 0.6) is 0 Å². The van der Waals surface area contributed by atoms with Gasteiger partial charge >= 0.3 is 0 Å². The maximum absolute atomic E-state index is 12.9. The lowest BCUT2D eigenvalue weighted by molar-refractivity contribution is -0.118. The monoisotopic (exact) mass is 495 g/mol. The summed E-state index contributed by atoms with van der Waals surface area (Å²) in [7, 11) is 0. The number of halogens is 2. The van der Waals surface area contributed by atoms with Crippen molar-refractivity contribution in [2.45, 2.75) is 31.3 Å². The second-order valence-electron chi connectivity index (χ2n) is 6.51. The number of benzene rings is 2. The lowest BCUT2D eigenvalue weighted by Gasteiger charge is -2.14. The van der Waals surface area contributed by atoms with Crippen LogP contribution in [-0.2, 0) is 17.9 Å². The highest BCUT2D eigenvalue weighted by molar-refractivity contribution is 9.10. The standard InChI is InChI=1S/C20H19BrClN3O3S/c1-12(26)10-25-19(28)16-8-14(21)4-7-17(16)24-20(25)29-11-18(27)23-9-13-2-5-15(22)6-3-13/h2-8,12,26H,9-11H2,1H3,(H,23,27). The molecular formula is C20H19BrClN3O3S. The first-order chi connectivity index (χ1) is 13.8. The molecule has 1 amide bonds. The molecule has 2 aromatic carbocycles. The van der Waals surface area contributed by atoms with Crippen molar-refractivity contribution >= 4 is 56.1 Å². The highest BCUT2D eigenvalue weighted by Crippen LogP contribution is 2.21. The molecule has 0 aliphatic rings. The molecule has 0 bridgehead atoms. The SMILES string of the molecule is CC(O)Cn1c(SCC(=O)NCc2ccc(Cl)cc2)nc2ccc(Br)cc2c1=O. The van der Waals surface area contributed by atoms with Gasteiger partial charge in [0.25, 0.3) is 5.56 Å². The summed E-state index contributed by atoms with van der Waals surface area (Å²) >= 11 is 10.4. The Balaban J connectivity index is 1.75. The van der Waals surface area contributed by atoms with Crippen molar-refractivity contribution < 1.29 is 9.90 Å². The number of carbonyl (C=O) groups excluding carboxylic acids is 1. The molecule has 1 unspecified atom stereocenters. The molecule has 152 valence electrons. The van der Waals surface area contributed by atoms with E-state index in [1.165, 1.54) is 4.57 Å². The number of hydrogen-bond acceptors (Lipinski definition) is 5. The van der Waals surface area contributed by atoms with Crippen LogP contribution in [0.3, 0.4) is 0 Å². The molecule has 1 aromatic heterocycles. The number of hydrogen-bond donors (Lipinski definition) is 2. The molecule has 0 spiro atoms. The van der Waals surface area contributed by atoms with Crippen LogP contribution in [-0.4, -0.2) is 32.4 Å². The Morgan fingerprint density at radius 2 is 2.03 bits per heavy atom. The van der Waals surface area contributed by atoms with Gasteiger partial charge in [0.05, 0.1) is 29.3 Å². The van der Waals surface area contributed by atoms with Crippen LogP contribution in [0.1, 0.15) is 12.5 Å². The minimum atomic E-state index is -0.725. The van der Waals surface area contributed by atoms with E-state index in [0.29, 0.717) is 27.6 Å². The van der Waals surface area contributed by atoms with Crippen molar-refractivity contribution in [3.8, 4) is 0 Å². The van der Waals surface area contributed by atoms with Crippen LogP contribution in [0.2, 0.25) is 5.02 Å². The highest BCUT2D eigenvalue weighted by atomic mass is 79.9. The van der Waals surface area contributed by atoms with E-state index in [-0.39, 0.29) is 23.8 Å². The van der Waals surface area contributed by atoms with Gasteiger partial charge in [-0.25, -0.2) is 4.98 Å². The number of nitrogens with zero attached hydrogens (tertiary/aromatic N) is 2. The number of rotatable bonds is 7. The summed E-state index contributed by atoms with van der Waals surface area (Å²) in [6.45, 7) is 2.09. The topological polar surface area (TPSA) is 84.2 Å². The van der Waals surface area contributed by atoms with Crippen molar-refractivity contribution in [3.05, 3.63) is 67.9 Å². The first kappa shape index (κ1) is 21.8. The van der Waals surface area contributed by atoms with Crippen LogP contribution >= 0.6 is 39.3 Å². The van der Waals surface area contributed by atoms with E-state index in [9.17, 15) is 14.7 Å². The summed E-state index contributed by atoms with van der Waals surface area (Å²) in [4.78, 5) is 29.7. The number of nitrogens with one attached hydrogen (secondary N) is 1. The maximum Gasteiger partial charge on any atom is 0.262 e. The smallest absolute Gasteiger partial charge is 0.262 e. The number of thioether (sulfide) groups is 1. The number of fused-ring (bicyclic) bond motifs is 1. The van der Waals surface area contributed by atoms with E-state index < -0.39 is 6.10 Å². The predicted octanol–water partition coefficient (Wildman–Crippen LogP) is 3.60. The van der Waals surface area contributed by atoms with Crippen LogP contribution in [0.4, 0.5) is 0 Å². The van der Waals surface area contributed by atoms with E-state index in [0.717, 1.165) is 21.8 Å². The Hall–Kier alpha value is -1.87. The molecule has 0 aliphatic carbocycles. The van der Waals surface area contributed by atoms with Gasteiger partial charge in [0, 0.05) is 16.0 Å². The van der Waals surface area contributed by atoms with E-state index in [4.69, 9.17) is 11.6 Å². The third-order valence-electron chi connectivity index (χ3n) is 4.06. The molecule has 0 fully saturated rings. The predicted molar refractivity (Wildman–Crippen MR) is 119 cm³/mol. The van der Waals surface area contributed by atoms with Crippen molar-refractivity contribution in [2.24, 2.45) is 0 Å². The first-order valence-corrected chi connectivity index (χ1v) is 11.0. The summed E-state index contributed by atoms with van der Waals surface area (Å²) in [5, 5.41) is 14.1. The normalized spacial score (nSPS) is 12.1.